The number of carbonyl (C=O) groups is 1. The van der Waals surface area contributed by atoms with E-state index in [0.29, 0.717) is 23.3 Å². The van der Waals surface area contributed by atoms with Crippen molar-refractivity contribution in [3.8, 4) is 0 Å². The first-order valence-electron chi connectivity index (χ1n) is 6.03. The molecule has 0 aliphatic heterocycles. The fourth-order valence-corrected chi connectivity index (χ4v) is 2.63. The zero-order chi connectivity index (χ0) is 14.8. The summed E-state index contributed by atoms with van der Waals surface area (Å²) in [6.07, 6.45) is 2.96. The number of hydrogen-bond acceptors (Lipinski definition) is 7. The highest BCUT2D eigenvalue weighted by Gasteiger charge is 2.09. The fraction of sp³-hybridized carbons (Fsp3) is 0.182. The second-order valence-corrected chi connectivity index (χ2v) is 5.13. The van der Waals surface area contributed by atoms with Gasteiger partial charge in [0.25, 0.3) is 11.5 Å². The molecule has 0 fully saturated rings. The minimum Gasteiger partial charge on any atom is -0.296 e. The summed E-state index contributed by atoms with van der Waals surface area (Å²) in [7, 11) is 0. The zero-order valence-electron chi connectivity index (χ0n) is 10.8. The SMILES string of the molecule is NNC(=O)c1cn(CCn2cnc3ccsc3c2=O)nn1. The Balaban J connectivity index is 1.77. The van der Waals surface area contributed by atoms with Crippen LogP contribution in [0.4, 0.5) is 0 Å². The number of fused-ring (bicyclic) bond motifs is 1. The molecule has 0 saturated carbocycles. The molecular weight excluding hydrogens is 294 g/mol. The van der Waals surface area contributed by atoms with Gasteiger partial charge in [0.05, 0.1) is 24.6 Å². The van der Waals surface area contributed by atoms with Crippen molar-refractivity contribution in [1.82, 2.24) is 30.0 Å². The summed E-state index contributed by atoms with van der Waals surface area (Å²) < 4.78 is 3.60. The summed E-state index contributed by atoms with van der Waals surface area (Å²) in [5, 5.41) is 9.31. The van der Waals surface area contributed by atoms with E-state index in [-0.39, 0.29) is 11.3 Å². The van der Waals surface area contributed by atoms with Crippen molar-refractivity contribution in [3.05, 3.63) is 40.0 Å². The summed E-state index contributed by atoms with van der Waals surface area (Å²) in [5.74, 6) is 4.50. The Labute approximate surface area is 122 Å². The first-order chi connectivity index (χ1) is 10.2. The van der Waals surface area contributed by atoms with E-state index in [1.54, 1.807) is 6.07 Å². The van der Waals surface area contributed by atoms with Crippen molar-refractivity contribution in [2.75, 3.05) is 0 Å². The minimum atomic E-state index is -0.514. The van der Waals surface area contributed by atoms with Crippen LogP contribution >= 0.6 is 11.3 Å². The molecule has 21 heavy (non-hydrogen) atoms. The van der Waals surface area contributed by atoms with Crippen molar-refractivity contribution in [1.29, 1.82) is 0 Å². The predicted octanol–water partition coefficient (Wildman–Crippen LogP) is -0.647. The lowest BCUT2D eigenvalue weighted by Crippen LogP contribution is -2.30. The molecule has 108 valence electrons. The van der Waals surface area contributed by atoms with Crippen LogP contribution in [0.2, 0.25) is 0 Å². The van der Waals surface area contributed by atoms with Gasteiger partial charge in [-0.05, 0) is 11.4 Å². The van der Waals surface area contributed by atoms with Crippen molar-refractivity contribution >= 4 is 27.5 Å². The third kappa shape index (κ3) is 2.53. The van der Waals surface area contributed by atoms with Crippen LogP contribution in [0.5, 0.6) is 0 Å². The second-order valence-electron chi connectivity index (χ2n) is 4.22. The second kappa shape index (κ2) is 5.42. The van der Waals surface area contributed by atoms with Crippen LogP contribution in [-0.4, -0.2) is 30.5 Å². The molecule has 9 nitrogen and oxygen atoms in total. The molecule has 0 aliphatic rings. The van der Waals surface area contributed by atoms with Gasteiger partial charge in [0, 0.05) is 6.54 Å². The summed E-state index contributed by atoms with van der Waals surface area (Å²) in [6.45, 7) is 0.774. The van der Waals surface area contributed by atoms with Gasteiger partial charge in [-0.1, -0.05) is 5.21 Å². The molecular formula is C11H11N7O2S. The standard InChI is InChI=1S/C11H11N7O2S/c12-14-10(19)8-5-18(16-15-8)3-2-17-6-13-7-1-4-21-9(7)11(17)20/h1,4-6H,2-3,12H2,(H,14,19). The van der Waals surface area contributed by atoms with Crippen LogP contribution in [-0.2, 0) is 13.1 Å². The molecule has 3 rings (SSSR count). The monoisotopic (exact) mass is 305 g/mol. The number of thiophene rings is 1. The average molecular weight is 305 g/mol. The Morgan fingerprint density at radius 2 is 2.29 bits per heavy atom. The first kappa shape index (κ1) is 13.4. The van der Waals surface area contributed by atoms with Crippen molar-refractivity contribution in [2.45, 2.75) is 13.1 Å². The fourth-order valence-electron chi connectivity index (χ4n) is 1.83. The van der Waals surface area contributed by atoms with E-state index in [9.17, 15) is 9.59 Å². The van der Waals surface area contributed by atoms with Gasteiger partial charge in [0.1, 0.15) is 4.70 Å². The highest BCUT2D eigenvalue weighted by molar-refractivity contribution is 7.17. The van der Waals surface area contributed by atoms with Crippen LogP contribution < -0.4 is 16.8 Å². The number of aromatic nitrogens is 5. The van der Waals surface area contributed by atoms with Gasteiger partial charge in [-0.3, -0.25) is 19.6 Å². The van der Waals surface area contributed by atoms with Crippen molar-refractivity contribution in [3.63, 3.8) is 0 Å². The zero-order valence-corrected chi connectivity index (χ0v) is 11.6. The van der Waals surface area contributed by atoms with Crippen molar-refractivity contribution < 1.29 is 4.79 Å². The Kier molecular flexibility index (Phi) is 3.46. The topological polar surface area (TPSA) is 121 Å². The number of hydrazine groups is 1. The summed E-state index contributed by atoms with van der Waals surface area (Å²) in [5.41, 5.74) is 2.71. The number of nitrogen functional groups attached to an aromatic ring is 1. The Morgan fingerprint density at radius 3 is 3.10 bits per heavy atom. The summed E-state index contributed by atoms with van der Waals surface area (Å²) >= 11 is 1.36. The maximum absolute atomic E-state index is 12.2. The average Bonchev–Trinajstić information content (AvgIpc) is 3.15. The third-order valence-corrected chi connectivity index (χ3v) is 3.80. The van der Waals surface area contributed by atoms with E-state index in [1.165, 1.54) is 33.1 Å². The molecule has 10 heteroatoms. The van der Waals surface area contributed by atoms with Crippen LogP contribution in [0.1, 0.15) is 10.5 Å². The Morgan fingerprint density at radius 1 is 1.43 bits per heavy atom. The van der Waals surface area contributed by atoms with Crippen LogP contribution in [0, 0.1) is 0 Å². The van der Waals surface area contributed by atoms with Gasteiger partial charge in [0.2, 0.25) is 0 Å². The van der Waals surface area contributed by atoms with Gasteiger partial charge >= 0.3 is 0 Å². The normalized spacial score (nSPS) is 10.9. The summed E-state index contributed by atoms with van der Waals surface area (Å²) in [4.78, 5) is 27.6. The van der Waals surface area contributed by atoms with E-state index in [2.05, 4.69) is 15.3 Å². The number of hydrogen-bond donors (Lipinski definition) is 2. The van der Waals surface area contributed by atoms with Gasteiger partial charge < -0.3 is 0 Å². The molecule has 3 heterocycles. The van der Waals surface area contributed by atoms with E-state index >= 15 is 0 Å². The van der Waals surface area contributed by atoms with E-state index in [0.717, 1.165) is 0 Å². The molecule has 0 radical (unpaired) electrons. The lowest BCUT2D eigenvalue weighted by atomic mass is 10.4. The highest BCUT2D eigenvalue weighted by atomic mass is 32.1. The molecule has 3 aromatic rings. The predicted molar refractivity (Wildman–Crippen MR) is 75.6 cm³/mol. The van der Waals surface area contributed by atoms with Crippen LogP contribution in [0.25, 0.3) is 10.2 Å². The largest absolute Gasteiger partial charge is 0.296 e. The van der Waals surface area contributed by atoms with Gasteiger partial charge in [-0.2, -0.15) is 0 Å². The quantitative estimate of drug-likeness (QED) is 0.375. The lowest BCUT2D eigenvalue weighted by Gasteiger charge is -2.04. The third-order valence-electron chi connectivity index (χ3n) is 2.91. The molecule has 0 aromatic carbocycles. The molecule has 0 bridgehead atoms. The molecule has 3 N–H and O–H groups in total. The van der Waals surface area contributed by atoms with Gasteiger partial charge in [-0.25, -0.2) is 15.5 Å². The molecule has 0 spiro atoms. The number of nitrogens with two attached hydrogens (primary N) is 1. The molecule has 1 amide bonds. The minimum absolute atomic E-state index is 0.0879. The highest BCUT2D eigenvalue weighted by Crippen LogP contribution is 2.13. The van der Waals surface area contributed by atoms with Gasteiger partial charge in [-0.15, -0.1) is 16.4 Å². The number of nitrogens with zero attached hydrogens (tertiary/aromatic N) is 5. The van der Waals surface area contributed by atoms with E-state index in [1.807, 2.05) is 10.8 Å². The van der Waals surface area contributed by atoms with E-state index < -0.39 is 5.91 Å². The molecule has 0 unspecified atom stereocenters. The smallest absolute Gasteiger partial charge is 0.287 e. The van der Waals surface area contributed by atoms with Gasteiger partial charge in [0.15, 0.2) is 5.69 Å². The van der Waals surface area contributed by atoms with E-state index in [4.69, 9.17) is 5.84 Å². The Bertz CT molecular complexity index is 849. The number of amides is 1. The maximum atomic E-state index is 12.2. The van der Waals surface area contributed by atoms with Crippen LogP contribution in [0.3, 0.4) is 0 Å². The number of carbonyl (C=O) groups excluding carboxylic acids is 1. The molecule has 0 atom stereocenters. The number of aryl methyl sites for hydroxylation is 2. The summed E-state index contributed by atoms with van der Waals surface area (Å²) in [6, 6.07) is 1.81. The molecule has 0 aliphatic carbocycles. The first-order valence-corrected chi connectivity index (χ1v) is 6.90. The van der Waals surface area contributed by atoms with Crippen molar-refractivity contribution in [2.24, 2.45) is 5.84 Å². The number of nitrogens with one attached hydrogen (secondary N) is 1. The lowest BCUT2D eigenvalue weighted by molar-refractivity contribution is 0.0948. The molecule has 0 saturated heterocycles. The van der Waals surface area contributed by atoms with Crippen LogP contribution in [0.15, 0.2) is 28.8 Å². The number of rotatable bonds is 4. The maximum Gasteiger partial charge on any atom is 0.287 e. The Hall–Kier alpha value is -2.59. The molecule has 3 aromatic heterocycles.